The maximum Gasteiger partial charge on any atom is 0.303 e. The predicted molar refractivity (Wildman–Crippen MR) is 59.0 cm³/mol. The van der Waals surface area contributed by atoms with Gasteiger partial charge in [0, 0.05) is 23.5 Å². The van der Waals surface area contributed by atoms with E-state index in [1.807, 2.05) is 25.3 Å². The number of aryl methyl sites for hydroxylation is 2. The van der Waals surface area contributed by atoms with Crippen LogP contribution in [-0.4, -0.2) is 16.1 Å². The first-order chi connectivity index (χ1) is 7.16. The topological polar surface area (TPSA) is 53.1 Å². The zero-order valence-corrected chi connectivity index (χ0v) is 8.58. The average molecular weight is 203 g/mol. The number of H-pyrrole nitrogens is 1. The SMILES string of the molecule is Cc1ccc2[nH]cc(CCC(=O)O)c2c1. The molecule has 2 rings (SSSR count). The van der Waals surface area contributed by atoms with E-state index in [-0.39, 0.29) is 6.42 Å². The van der Waals surface area contributed by atoms with Gasteiger partial charge in [-0.3, -0.25) is 4.79 Å². The van der Waals surface area contributed by atoms with Crippen molar-refractivity contribution in [1.82, 2.24) is 4.98 Å². The number of nitrogens with one attached hydrogen (secondary N) is 1. The molecule has 0 fully saturated rings. The first-order valence-electron chi connectivity index (χ1n) is 4.95. The van der Waals surface area contributed by atoms with Gasteiger partial charge in [0.2, 0.25) is 0 Å². The highest BCUT2D eigenvalue weighted by molar-refractivity contribution is 5.84. The van der Waals surface area contributed by atoms with E-state index in [2.05, 4.69) is 11.1 Å². The van der Waals surface area contributed by atoms with Gasteiger partial charge in [0.15, 0.2) is 0 Å². The zero-order valence-electron chi connectivity index (χ0n) is 8.58. The Morgan fingerprint density at radius 2 is 2.27 bits per heavy atom. The highest BCUT2D eigenvalue weighted by Crippen LogP contribution is 2.20. The van der Waals surface area contributed by atoms with E-state index in [0.29, 0.717) is 6.42 Å². The molecule has 15 heavy (non-hydrogen) atoms. The van der Waals surface area contributed by atoms with Crippen LogP contribution in [0.3, 0.4) is 0 Å². The Morgan fingerprint density at radius 3 is 3.00 bits per heavy atom. The number of rotatable bonds is 3. The molecule has 0 unspecified atom stereocenters. The predicted octanol–water partition coefficient (Wildman–Crippen LogP) is 2.49. The summed E-state index contributed by atoms with van der Waals surface area (Å²) in [4.78, 5) is 13.6. The Bertz CT molecular complexity index is 499. The van der Waals surface area contributed by atoms with Crippen molar-refractivity contribution in [1.29, 1.82) is 0 Å². The molecule has 0 radical (unpaired) electrons. The van der Waals surface area contributed by atoms with Crippen LogP contribution in [0.1, 0.15) is 17.5 Å². The maximum atomic E-state index is 10.5. The average Bonchev–Trinajstić information content (AvgIpc) is 2.57. The van der Waals surface area contributed by atoms with Crippen molar-refractivity contribution in [2.75, 3.05) is 0 Å². The van der Waals surface area contributed by atoms with Gasteiger partial charge in [0.1, 0.15) is 0 Å². The summed E-state index contributed by atoms with van der Waals surface area (Å²) in [5.41, 5.74) is 3.34. The minimum atomic E-state index is -0.753. The van der Waals surface area contributed by atoms with Crippen molar-refractivity contribution < 1.29 is 9.90 Å². The number of fused-ring (bicyclic) bond motifs is 1. The molecular weight excluding hydrogens is 190 g/mol. The largest absolute Gasteiger partial charge is 0.481 e. The van der Waals surface area contributed by atoms with Crippen LogP contribution in [0.15, 0.2) is 24.4 Å². The van der Waals surface area contributed by atoms with Crippen LogP contribution in [0.4, 0.5) is 0 Å². The molecule has 0 spiro atoms. The Morgan fingerprint density at radius 1 is 1.47 bits per heavy atom. The molecule has 0 bridgehead atoms. The summed E-state index contributed by atoms with van der Waals surface area (Å²) in [6.07, 6.45) is 2.66. The Kier molecular flexibility index (Phi) is 2.46. The van der Waals surface area contributed by atoms with Gasteiger partial charge in [-0.15, -0.1) is 0 Å². The maximum absolute atomic E-state index is 10.5. The van der Waals surface area contributed by atoms with Crippen molar-refractivity contribution in [2.24, 2.45) is 0 Å². The summed E-state index contributed by atoms with van der Waals surface area (Å²) in [6.45, 7) is 2.04. The third-order valence-electron chi connectivity index (χ3n) is 2.53. The number of benzene rings is 1. The third kappa shape index (κ3) is 2.01. The van der Waals surface area contributed by atoms with Gasteiger partial charge in [-0.2, -0.15) is 0 Å². The minimum absolute atomic E-state index is 0.181. The van der Waals surface area contributed by atoms with E-state index in [4.69, 9.17) is 5.11 Å². The molecule has 1 aromatic heterocycles. The second kappa shape index (κ2) is 3.77. The molecule has 78 valence electrons. The van der Waals surface area contributed by atoms with Gasteiger partial charge in [-0.05, 0) is 31.0 Å². The molecule has 0 atom stereocenters. The van der Waals surface area contributed by atoms with Gasteiger partial charge in [-0.25, -0.2) is 0 Å². The van der Waals surface area contributed by atoms with Crippen molar-refractivity contribution in [3.05, 3.63) is 35.5 Å². The fourth-order valence-electron chi connectivity index (χ4n) is 1.74. The first kappa shape index (κ1) is 9.77. The number of aromatic nitrogens is 1. The fraction of sp³-hybridized carbons (Fsp3) is 0.250. The molecule has 1 heterocycles. The minimum Gasteiger partial charge on any atom is -0.481 e. The van der Waals surface area contributed by atoms with E-state index >= 15 is 0 Å². The highest BCUT2D eigenvalue weighted by Gasteiger charge is 2.05. The Balaban J connectivity index is 2.35. The van der Waals surface area contributed by atoms with Gasteiger partial charge in [0.25, 0.3) is 0 Å². The van der Waals surface area contributed by atoms with Gasteiger partial charge in [-0.1, -0.05) is 11.6 Å². The molecule has 0 aliphatic heterocycles. The normalized spacial score (nSPS) is 10.7. The van der Waals surface area contributed by atoms with Crippen LogP contribution in [0.5, 0.6) is 0 Å². The van der Waals surface area contributed by atoms with Crippen molar-refractivity contribution in [2.45, 2.75) is 19.8 Å². The quantitative estimate of drug-likeness (QED) is 0.805. The van der Waals surface area contributed by atoms with Crippen molar-refractivity contribution in [3.63, 3.8) is 0 Å². The molecule has 1 aromatic carbocycles. The molecule has 0 saturated carbocycles. The third-order valence-corrected chi connectivity index (χ3v) is 2.53. The molecule has 0 saturated heterocycles. The fourth-order valence-corrected chi connectivity index (χ4v) is 1.74. The summed E-state index contributed by atoms with van der Waals surface area (Å²) in [7, 11) is 0. The molecule has 2 aromatic rings. The lowest BCUT2D eigenvalue weighted by Crippen LogP contribution is -1.96. The van der Waals surface area contributed by atoms with Crippen molar-refractivity contribution >= 4 is 16.9 Å². The number of hydrogen-bond acceptors (Lipinski definition) is 1. The standard InChI is InChI=1S/C12H13NO2/c1-8-2-4-11-10(6-8)9(7-13-11)3-5-12(14)15/h2,4,6-7,13H,3,5H2,1H3,(H,14,15). The highest BCUT2D eigenvalue weighted by atomic mass is 16.4. The summed E-state index contributed by atoms with van der Waals surface area (Å²) >= 11 is 0. The van der Waals surface area contributed by atoms with E-state index in [1.165, 1.54) is 5.56 Å². The van der Waals surface area contributed by atoms with Crippen LogP contribution in [-0.2, 0) is 11.2 Å². The van der Waals surface area contributed by atoms with Gasteiger partial charge >= 0.3 is 5.97 Å². The van der Waals surface area contributed by atoms with E-state index in [1.54, 1.807) is 0 Å². The zero-order chi connectivity index (χ0) is 10.8. The second-order valence-electron chi connectivity index (χ2n) is 3.76. The molecule has 2 N–H and O–H groups in total. The van der Waals surface area contributed by atoms with Gasteiger partial charge < -0.3 is 10.1 Å². The summed E-state index contributed by atoms with van der Waals surface area (Å²) in [5, 5.41) is 9.76. The van der Waals surface area contributed by atoms with E-state index < -0.39 is 5.97 Å². The lowest BCUT2D eigenvalue weighted by molar-refractivity contribution is -0.136. The smallest absolute Gasteiger partial charge is 0.303 e. The second-order valence-corrected chi connectivity index (χ2v) is 3.76. The van der Waals surface area contributed by atoms with E-state index in [0.717, 1.165) is 16.5 Å². The molecule has 0 aliphatic rings. The number of aromatic amines is 1. The lowest BCUT2D eigenvalue weighted by atomic mass is 10.1. The molecular formula is C12H13NO2. The molecule has 3 nitrogen and oxygen atoms in total. The van der Waals surface area contributed by atoms with Crippen LogP contribution in [0, 0.1) is 6.92 Å². The number of hydrogen-bond donors (Lipinski definition) is 2. The Hall–Kier alpha value is -1.77. The van der Waals surface area contributed by atoms with Crippen molar-refractivity contribution in [3.8, 4) is 0 Å². The molecule has 3 heteroatoms. The number of carboxylic acid groups (broad SMARTS) is 1. The number of aliphatic carboxylic acids is 1. The Labute approximate surface area is 87.7 Å². The number of carbonyl (C=O) groups is 1. The lowest BCUT2D eigenvalue weighted by Gasteiger charge is -1.97. The van der Waals surface area contributed by atoms with Crippen LogP contribution < -0.4 is 0 Å². The van der Waals surface area contributed by atoms with E-state index in [9.17, 15) is 4.79 Å². The number of carboxylic acids is 1. The first-order valence-corrected chi connectivity index (χ1v) is 4.95. The summed E-state index contributed by atoms with van der Waals surface area (Å²) in [5.74, 6) is -0.753. The summed E-state index contributed by atoms with van der Waals surface area (Å²) < 4.78 is 0. The summed E-state index contributed by atoms with van der Waals surface area (Å²) in [6, 6.07) is 6.15. The van der Waals surface area contributed by atoms with Crippen LogP contribution in [0.2, 0.25) is 0 Å². The molecule has 0 aliphatic carbocycles. The monoisotopic (exact) mass is 203 g/mol. The van der Waals surface area contributed by atoms with Crippen LogP contribution >= 0.6 is 0 Å². The van der Waals surface area contributed by atoms with Gasteiger partial charge in [0.05, 0.1) is 0 Å². The van der Waals surface area contributed by atoms with Crippen LogP contribution in [0.25, 0.3) is 10.9 Å². The molecule has 0 amide bonds.